The minimum Gasteiger partial charge on any atom is -0.464 e. The fourth-order valence-electron chi connectivity index (χ4n) is 1.53. The van der Waals surface area contributed by atoms with Gasteiger partial charge in [-0.2, -0.15) is 0 Å². The molecule has 1 aliphatic rings. The Morgan fingerprint density at radius 3 is 2.36 bits per heavy atom. The quantitative estimate of drug-likeness (QED) is 0.565. The Hall–Kier alpha value is -0.570. The Kier molecular flexibility index (Phi) is 2.88. The summed E-state index contributed by atoms with van der Waals surface area (Å²) in [6.07, 6.45) is 2.13. The van der Waals surface area contributed by atoms with E-state index in [1.807, 2.05) is 13.8 Å². The molecular formula is C8H14O3. The summed E-state index contributed by atoms with van der Waals surface area (Å²) in [5.74, 6) is 0. The smallest absolute Gasteiger partial charge is 0.293 e. The number of hydrogen-bond acceptors (Lipinski definition) is 3. The lowest BCUT2D eigenvalue weighted by Gasteiger charge is -2.30. The van der Waals surface area contributed by atoms with Crippen molar-refractivity contribution < 1.29 is 14.3 Å². The maximum atomic E-state index is 10.0. The molecular weight excluding hydrogens is 144 g/mol. The lowest BCUT2D eigenvalue weighted by molar-refractivity contribution is -0.144. The highest BCUT2D eigenvalue weighted by Gasteiger charge is 2.24. The number of carbonyl (C=O) groups excluding carboxylic acids is 1. The highest BCUT2D eigenvalue weighted by Crippen LogP contribution is 2.20. The second kappa shape index (κ2) is 3.72. The van der Waals surface area contributed by atoms with Crippen LogP contribution in [0.2, 0.25) is 0 Å². The lowest BCUT2D eigenvalue weighted by atomic mass is 10.0. The zero-order chi connectivity index (χ0) is 8.27. The van der Waals surface area contributed by atoms with E-state index in [1.165, 1.54) is 0 Å². The minimum absolute atomic E-state index is 0.0613. The summed E-state index contributed by atoms with van der Waals surface area (Å²) in [5.41, 5.74) is 0. The van der Waals surface area contributed by atoms with Crippen molar-refractivity contribution in [3.8, 4) is 0 Å². The molecule has 1 heterocycles. The number of carbonyl (C=O) groups is 1. The molecule has 1 saturated heterocycles. The van der Waals surface area contributed by atoms with Gasteiger partial charge in [0, 0.05) is 12.8 Å². The molecule has 3 nitrogen and oxygen atoms in total. The fourth-order valence-corrected chi connectivity index (χ4v) is 1.53. The lowest BCUT2D eigenvalue weighted by Crippen LogP contribution is -2.33. The summed E-state index contributed by atoms with van der Waals surface area (Å²) >= 11 is 0. The van der Waals surface area contributed by atoms with Crippen LogP contribution in [0.15, 0.2) is 0 Å². The summed E-state index contributed by atoms with van der Waals surface area (Å²) in [5, 5.41) is 0. The van der Waals surface area contributed by atoms with Gasteiger partial charge in [0.2, 0.25) is 0 Å². The molecule has 1 rings (SSSR count). The van der Waals surface area contributed by atoms with Crippen molar-refractivity contribution in [2.75, 3.05) is 0 Å². The maximum absolute atomic E-state index is 10.0. The largest absolute Gasteiger partial charge is 0.464 e. The van der Waals surface area contributed by atoms with E-state index in [-0.39, 0.29) is 18.3 Å². The average molecular weight is 158 g/mol. The van der Waals surface area contributed by atoms with E-state index in [1.54, 1.807) is 0 Å². The summed E-state index contributed by atoms with van der Waals surface area (Å²) < 4.78 is 10.3. The van der Waals surface area contributed by atoms with Crippen LogP contribution in [0.1, 0.15) is 26.7 Å². The Labute approximate surface area is 66.7 Å². The second-order valence-corrected chi connectivity index (χ2v) is 3.08. The zero-order valence-corrected chi connectivity index (χ0v) is 6.95. The van der Waals surface area contributed by atoms with E-state index in [0.29, 0.717) is 6.47 Å². The van der Waals surface area contributed by atoms with E-state index in [4.69, 9.17) is 9.47 Å². The number of ether oxygens (including phenoxy) is 2. The van der Waals surface area contributed by atoms with Crippen LogP contribution < -0.4 is 0 Å². The Bertz CT molecular complexity index is 125. The van der Waals surface area contributed by atoms with Crippen molar-refractivity contribution in [2.24, 2.45) is 0 Å². The van der Waals surface area contributed by atoms with E-state index >= 15 is 0 Å². The third kappa shape index (κ3) is 2.50. The first kappa shape index (κ1) is 8.53. The van der Waals surface area contributed by atoms with E-state index in [9.17, 15) is 4.79 Å². The summed E-state index contributed by atoms with van der Waals surface area (Å²) in [6, 6.07) is 0. The van der Waals surface area contributed by atoms with Crippen LogP contribution in [0.5, 0.6) is 0 Å². The minimum atomic E-state index is 0.0613. The first-order chi connectivity index (χ1) is 5.22. The van der Waals surface area contributed by atoms with Crippen LogP contribution in [0.4, 0.5) is 0 Å². The first-order valence-electron chi connectivity index (χ1n) is 3.97. The van der Waals surface area contributed by atoms with Crippen molar-refractivity contribution in [2.45, 2.75) is 45.0 Å². The molecule has 1 fully saturated rings. The predicted octanol–water partition coefficient (Wildman–Crippen LogP) is 1.12. The van der Waals surface area contributed by atoms with Crippen LogP contribution in [0.3, 0.4) is 0 Å². The Morgan fingerprint density at radius 1 is 1.36 bits per heavy atom. The topological polar surface area (TPSA) is 35.5 Å². The molecule has 0 amide bonds. The van der Waals surface area contributed by atoms with Gasteiger partial charge in [0.25, 0.3) is 6.47 Å². The molecule has 0 bridgehead atoms. The van der Waals surface area contributed by atoms with Gasteiger partial charge in [0.1, 0.15) is 6.10 Å². The zero-order valence-electron chi connectivity index (χ0n) is 6.95. The van der Waals surface area contributed by atoms with Crippen molar-refractivity contribution >= 4 is 6.47 Å². The molecule has 0 radical (unpaired) electrons. The fraction of sp³-hybridized carbons (Fsp3) is 0.875. The Morgan fingerprint density at radius 2 is 1.91 bits per heavy atom. The molecule has 64 valence electrons. The van der Waals surface area contributed by atoms with Crippen molar-refractivity contribution in [3.63, 3.8) is 0 Å². The molecule has 3 heteroatoms. The van der Waals surface area contributed by atoms with Gasteiger partial charge in [-0.25, -0.2) is 0 Å². The van der Waals surface area contributed by atoms with E-state index in [2.05, 4.69) is 0 Å². The van der Waals surface area contributed by atoms with Gasteiger partial charge in [-0.3, -0.25) is 4.79 Å². The first-order valence-corrected chi connectivity index (χ1v) is 3.97. The number of rotatable bonds is 2. The van der Waals surface area contributed by atoms with Gasteiger partial charge < -0.3 is 9.47 Å². The van der Waals surface area contributed by atoms with Crippen LogP contribution in [-0.2, 0) is 14.3 Å². The third-order valence-electron chi connectivity index (χ3n) is 1.90. The molecule has 0 saturated carbocycles. The van der Waals surface area contributed by atoms with Crippen molar-refractivity contribution in [1.82, 2.24) is 0 Å². The second-order valence-electron chi connectivity index (χ2n) is 3.08. The SMILES string of the molecule is C[C@@H]1CC(OC=O)C[C@H](C)O1. The molecule has 0 aliphatic carbocycles. The molecule has 1 unspecified atom stereocenters. The highest BCUT2D eigenvalue weighted by molar-refractivity contribution is 5.37. The summed E-state index contributed by atoms with van der Waals surface area (Å²) in [7, 11) is 0. The van der Waals surface area contributed by atoms with Crippen molar-refractivity contribution in [1.29, 1.82) is 0 Å². The van der Waals surface area contributed by atoms with Gasteiger partial charge in [-0.1, -0.05) is 0 Å². The van der Waals surface area contributed by atoms with Gasteiger partial charge >= 0.3 is 0 Å². The molecule has 0 spiro atoms. The van der Waals surface area contributed by atoms with Crippen LogP contribution in [0.25, 0.3) is 0 Å². The molecule has 0 N–H and O–H groups in total. The normalized spacial score (nSPS) is 38.2. The van der Waals surface area contributed by atoms with E-state index in [0.717, 1.165) is 12.8 Å². The predicted molar refractivity (Wildman–Crippen MR) is 40.2 cm³/mol. The summed E-state index contributed by atoms with van der Waals surface area (Å²) in [6.45, 7) is 4.52. The maximum Gasteiger partial charge on any atom is 0.293 e. The Balaban J connectivity index is 2.36. The molecule has 3 atom stereocenters. The molecule has 0 aromatic heterocycles. The van der Waals surface area contributed by atoms with Gasteiger partial charge in [-0.05, 0) is 13.8 Å². The highest BCUT2D eigenvalue weighted by atomic mass is 16.5. The third-order valence-corrected chi connectivity index (χ3v) is 1.90. The van der Waals surface area contributed by atoms with Gasteiger partial charge in [-0.15, -0.1) is 0 Å². The van der Waals surface area contributed by atoms with E-state index < -0.39 is 0 Å². The van der Waals surface area contributed by atoms with Crippen molar-refractivity contribution in [3.05, 3.63) is 0 Å². The molecule has 0 aromatic rings. The van der Waals surface area contributed by atoms with Gasteiger partial charge in [0.15, 0.2) is 0 Å². The van der Waals surface area contributed by atoms with Crippen LogP contribution in [-0.4, -0.2) is 24.8 Å². The molecule has 1 aliphatic heterocycles. The molecule has 0 aromatic carbocycles. The van der Waals surface area contributed by atoms with Crippen LogP contribution in [0, 0.1) is 0 Å². The van der Waals surface area contributed by atoms with Gasteiger partial charge in [0.05, 0.1) is 12.2 Å². The number of hydrogen-bond donors (Lipinski definition) is 0. The monoisotopic (exact) mass is 158 g/mol. The molecule has 11 heavy (non-hydrogen) atoms. The summed E-state index contributed by atoms with van der Waals surface area (Å²) in [4.78, 5) is 10.0. The van der Waals surface area contributed by atoms with Crippen LogP contribution >= 0.6 is 0 Å². The standard InChI is InChI=1S/C8H14O3/c1-6-3-8(10-5-9)4-7(2)11-6/h5-8H,3-4H2,1-2H3/t6-,7+,8?. The average Bonchev–Trinajstić information content (AvgIpc) is 1.85.